The molecule has 0 fully saturated rings. The molecule has 6 N–H and O–H groups in total. The van der Waals surface area contributed by atoms with Crippen LogP contribution in [0, 0.1) is 27.7 Å². The van der Waals surface area contributed by atoms with Gasteiger partial charge in [-0.1, -0.05) is 12.1 Å². The summed E-state index contributed by atoms with van der Waals surface area (Å²) in [7, 11) is 0. The van der Waals surface area contributed by atoms with Gasteiger partial charge in [0.1, 0.15) is 11.5 Å². The van der Waals surface area contributed by atoms with Crippen LogP contribution in [-0.4, -0.2) is 43.2 Å². The zero-order valence-corrected chi connectivity index (χ0v) is 18.8. The number of carbonyl (C=O) groups is 2. The molecule has 0 heterocycles. The number of aromatic hydroxyl groups is 6. The second-order valence-electron chi connectivity index (χ2n) is 8.39. The molecule has 0 aliphatic carbocycles. The Morgan fingerprint density at radius 1 is 0.529 bits per heavy atom. The van der Waals surface area contributed by atoms with E-state index in [1.807, 2.05) is 0 Å². The summed E-state index contributed by atoms with van der Waals surface area (Å²) in [6, 6.07) is 3.21. The normalized spacial score (nSPS) is 11.3. The summed E-state index contributed by atoms with van der Waals surface area (Å²) < 4.78 is 0. The van der Waals surface area contributed by atoms with Crippen LogP contribution in [-0.2, 0) is 0 Å². The van der Waals surface area contributed by atoms with Crippen molar-refractivity contribution in [2.75, 3.05) is 0 Å². The van der Waals surface area contributed by atoms with Crippen molar-refractivity contribution in [2.24, 2.45) is 0 Å². The number of benzene rings is 4. The highest BCUT2D eigenvalue weighted by Crippen LogP contribution is 2.52. The van der Waals surface area contributed by atoms with Gasteiger partial charge in [0.15, 0.2) is 35.6 Å². The van der Waals surface area contributed by atoms with Gasteiger partial charge in [0.25, 0.3) is 0 Å². The maximum Gasteiger partial charge on any atom is 0.169 e. The average Bonchev–Trinajstić information content (AvgIpc) is 2.80. The van der Waals surface area contributed by atoms with E-state index in [4.69, 9.17) is 0 Å². The van der Waals surface area contributed by atoms with Gasteiger partial charge in [-0.3, -0.25) is 9.59 Å². The third-order valence-electron chi connectivity index (χ3n) is 6.50. The first-order valence-electron chi connectivity index (χ1n) is 10.3. The third-order valence-corrected chi connectivity index (χ3v) is 6.50. The van der Waals surface area contributed by atoms with Crippen molar-refractivity contribution < 1.29 is 40.2 Å². The average molecular weight is 462 g/mol. The molecule has 0 unspecified atom stereocenters. The van der Waals surface area contributed by atoms with E-state index in [0.717, 1.165) is 0 Å². The van der Waals surface area contributed by atoms with Gasteiger partial charge in [0, 0.05) is 33.0 Å². The summed E-state index contributed by atoms with van der Waals surface area (Å²) in [4.78, 5) is 23.5. The van der Waals surface area contributed by atoms with Gasteiger partial charge in [-0.15, -0.1) is 0 Å². The number of aldehydes is 2. The minimum atomic E-state index is -0.677. The number of hydrogen-bond donors (Lipinski definition) is 6. The standard InChI is InChI=1S/C26H22O8/c1-9-5-13-11(3)21(29)23(31)15(7-27)19(13)25(33)17(9)18-10(2)6-14-12(4)22(30)24(32)16(8-28)20(14)26(18)34/h5-8,29-34H,1-4H3. The van der Waals surface area contributed by atoms with Crippen LogP contribution in [0.25, 0.3) is 32.7 Å². The number of hydrogen-bond acceptors (Lipinski definition) is 8. The molecule has 0 amide bonds. The third kappa shape index (κ3) is 2.78. The highest BCUT2D eigenvalue weighted by molar-refractivity contribution is 6.13. The SMILES string of the molecule is Cc1cc2c(C)c(O)c(O)c(C=O)c2c(O)c1-c1c(C)cc2c(C)c(O)c(O)c(C=O)c2c1O. The summed E-state index contributed by atoms with van der Waals surface area (Å²) in [5.41, 5.74) is 1.09. The summed E-state index contributed by atoms with van der Waals surface area (Å²) in [5, 5.41) is 64.3. The van der Waals surface area contributed by atoms with Crippen molar-refractivity contribution in [1.82, 2.24) is 0 Å². The Bertz CT molecular complexity index is 1460. The predicted octanol–water partition coefficient (Wildman–Crippen LogP) is 4.75. The van der Waals surface area contributed by atoms with E-state index in [1.165, 1.54) is 13.8 Å². The number of carbonyl (C=O) groups excluding carboxylic acids is 2. The molecule has 0 aliphatic rings. The zero-order chi connectivity index (χ0) is 25.2. The molecule has 8 nitrogen and oxygen atoms in total. The molecule has 4 aromatic carbocycles. The van der Waals surface area contributed by atoms with Gasteiger partial charge >= 0.3 is 0 Å². The van der Waals surface area contributed by atoms with Crippen LogP contribution in [0.1, 0.15) is 43.0 Å². The Morgan fingerprint density at radius 3 is 1.15 bits per heavy atom. The van der Waals surface area contributed by atoms with Crippen LogP contribution in [0.5, 0.6) is 34.5 Å². The lowest BCUT2D eigenvalue weighted by Gasteiger charge is -2.21. The lowest BCUT2D eigenvalue weighted by atomic mass is 9.85. The van der Waals surface area contributed by atoms with Gasteiger partial charge in [-0.2, -0.15) is 0 Å². The molecule has 0 radical (unpaired) electrons. The molecule has 174 valence electrons. The number of phenols is 6. The van der Waals surface area contributed by atoms with Crippen LogP contribution < -0.4 is 0 Å². The molecule has 0 aliphatic heterocycles. The maximum absolute atomic E-state index is 11.8. The van der Waals surface area contributed by atoms with Gasteiger partial charge < -0.3 is 30.6 Å². The van der Waals surface area contributed by atoms with Gasteiger partial charge in [0.05, 0.1) is 11.1 Å². The quantitative estimate of drug-likeness (QED) is 0.188. The van der Waals surface area contributed by atoms with E-state index in [0.29, 0.717) is 34.5 Å². The van der Waals surface area contributed by atoms with Gasteiger partial charge in [-0.05, 0) is 49.6 Å². The largest absolute Gasteiger partial charge is 0.507 e. The van der Waals surface area contributed by atoms with E-state index in [2.05, 4.69) is 0 Å². The number of phenolic OH excluding ortho intramolecular Hbond substituents is 6. The van der Waals surface area contributed by atoms with Crippen molar-refractivity contribution in [1.29, 1.82) is 0 Å². The Morgan fingerprint density at radius 2 is 0.853 bits per heavy atom. The van der Waals surface area contributed by atoms with Crippen molar-refractivity contribution in [2.45, 2.75) is 27.7 Å². The van der Waals surface area contributed by atoms with Gasteiger partial charge in [-0.25, -0.2) is 0 Å². The predicted molar refractivity (Wildman–Crippen MR) is 127 cm³/mol. The lowest BCUT2D eigenvalue weighted by molar-refractivity contribution is 0.111. The van der Waals surface area contributed by atoms with Crippen LogP contribution >= 0.6 is 0 Å². The molecule has 34 heavy (non-hydrogen) atoms. The molecular formula is C26H22O8. The maximum atomic E-state index is 11.8. The molecule has 0 aromatic heterocycles. The topological polar surface area (TPSA) is 156 Å². The molecular weight excluding hydrogens is 440 g/mol. The number of rotatable bonds is 3. The van der Waals surface area contributed by atoms with Crippen LogP contribution in [0.2, 0.25) is 0 Å². The monoisotopic (exact) mass is 462 g/mol. The van der Waals surface area contributed by atoms with E-state index >= 15 is 0 Å². The van der Waals surface area contributed by atoms with E-state index in [1.54, 1.807) is 26.0 Å². The summed E-state index contributed by atoms with van der Waals surface area (Å²) in [6.45, 7) is 6.36. The van der Waals surface area contributed by atoms with Crippen molar-refractivity contribution in [3.63, 3.8) is 0 Å². The zero-order valence-electron chi connectivity index (χ0n) is 18.8. The molecule has 4 aromatic rings. The highest BCUT2D eigenvalue weighted by atomic mass is 16.3. The molecule has 8 heteroatoms. The first-order chi connectivity index (χ1) is 16.0. The molecule has 0 bridgehead atoms. The Balaban J connectivity index is 2.26. The van der Waals surface area contributed by atoms with Crippen molar-refractivity contribution in [3.8, 4) is 45.6 Å². The van der Waals surface area contributed by atoms with Crippen LogP contribution in [0.3, 0.4) is 0 Å². The fourth-order valence-corrected chi connectivity index (χ4v) is 4.70. The first-order valence-corrected chi connectivity index (χ1v) is 10.3. The summed E-state index contributed by atoms with van der Waals surface area (Å²) >= 11 is 0. The Kier molecular flexibility index (Phi) is 5.05. The van der Waals surface area contributed by atoms with E-state index < -0.39 is 34.5 Å². The van der Waals surface area contributed by atoms with E-state index in [9.17, 15) is 40.2 Å². The minimum absolute atomic E-state index is 0.0114. The molecule has 4 rings (SSSR count). The smallest absolute Gasteiger partial charge is 0.169 e. The summed E-state index contributed by atoms with van der Waals surface area (Å²) in [5.74, 6) is -3.14. The highest BCUT2D eigenvalue weighted by Gasteiger charge is 2.27. The van der Waals surface area contributed by atoms with Crippen LogP contribution in [0.15, 0.2) is 12.1 Å². The minimum Gasteiger partial charge on any atom is -0.507 e. The lowest BCUT2D eigenvalue weighted by Crippen LogP contribution is -1.98. The fraction of sp³-hybridized carbons (Fsp3) is 0.154. The fourth-order valence-electron chi connectivity index (χ4n) is 4.70. The first kappa shape index (κ1) is 22.7. The Hall–Kier alpha value is -4.46. The Labute approximate surface area is 193 Å². The van der Waals surface area contributed by atoms with Crippen molar-refractivity contribution in [3.05, 3.63) is 45.5 Å². The molecule has 0 spiro atoms. The molecule has 0 saturated carbocycles. The second-order valence-corrected chi connectivity index (χ2v) is 8.39. The molecule has 0 saturated heterocycles. The van der Waals surface area contributed by atoms with Crippen molar-refractivity contribution >= 4 is 34.1 Å². The summed E-state index contributed by atoms with van der Waals surface area (Å²) in [6.07, 6.45) is 0.634. The number of aryl methyl sites for hydroxylation is 4. The van der Waals surface area contributed by atoms with Gasteiger partial charge in [0.2, 0.25) is 0 Å². The molecule has 0 atom stereocenters. The number of fused-ring (bicyclic) bond motifs is 2. The van der Waals surface area contributed by atoms with E-state index in [-0.39, 0.29) is 44.2 Å². The second kappa shape index (κ2) is 7.55. The van der Waals surface area contributed by atoms with Crippen LogP contribution in [0.4, 0.5) is 0 Å².